The highest BCUT2D eigenvalue weighted by molar-refractivity contribution is 5.96. The summed E-state index contributed by atoms with van der Waals surface area (Å²) in [4.78, 5) is 26.7. The first-order valence-corrected chi connectivity index (χ1v) is 16.6. The van der Waals surface area contributed by atoms with Crippen molar-refractivity contribution in [2.24, 2.45) is 34.1 Å². The van der Waals surface area contributed by atoms with Crippen molar-refractivity contribution in [1.82, 2.24) is 19.8 Å². The Labute approximate surface area is 268 Å². The molecule has 0 spiro atoms. The van der Waals surface area contributed by atoms with E-state index in [2.05, 4.69) is 57.1 Å². The standard InChI is InChI=1S/C36H49FN6O.CH4/c1-22(2)17-33-40-32-20-28(11-12-29(32)34(44)43(33)15-13-25-7-9-27(37)10-8-25)39-35(42-16-14-38-23(3)21-42)41-31-19-26-18-30(24(31)4)36(26,5)6;/h7-12,20,22-24,26,30-31,38H,13-19,21H2,1-6H3,(H,39,41);1H4/t23-,24-,26+,30-,31-;/m0./s1. The van der Waals surface area contributed by atoms with Gasteiger partial charge in [-0.25, -0.2) is 14.4 Å². The number of nitrogens with one attached hydrogen (secondary N) is 2. The highest BCUT2D eigenvalue weighted by Crippen LogP contribution is 2.61. The first-order valence-electron chi connectivity index (χ1n) is 16.6. The van der Waals surface area contributed by atoms with E-state index in [1.54, 1.807) is 12.1 Å². The van der Waals surface area contributed by atoms with E-state index in [0.29, 0.717) is 59.6 Å². The number of aryl methyl sites for hydroxylation is 1. The molecule has 0 radical (unpaired) electrons. The molecule has 1 aliphatic heterocycles. The first-order chi connectivity index (χ1) is 21.0. The number of hydrogen-bond donors (Lipinski definition) is 2. The van der Waals surface area contributed by atoms with E-state index in [1.165, 1.54) is 18.6 Å². The van der Waals surface area contributed by atoms with Crippen LogP contribution in [0.4, 0.5) is 10.1 Å². The average molecular weight is 617 g/mol. The number of benzene rings is 2. The quantitative estimate of drug-likeness (QED) is 0.227. The minimum absolute atomic E-state index is 0. The minimum Gasteiger partial charge on any atom is -0.340 e. The summed E-state index contributed by atoms with van der Waals surface area (Å²) in [5, 5.41) is 7.87. The van der Waals surface area contributed by atoms with Gasteiger partial charge in [0.25, 0.3) is 5.56 Å². The van der Waals surface area contributed by atoms with Crippen LogP contribution < -0.4 is 16.2 Å². The molecule has 8 heteroatoms. The van der Waals surface area contributed by atoms with Gasteiger partial charge < -0.3 is 15.5 Å². The summed E-state index contributed by atoms with van der Waals surface area (Å²) in [6.45, 7) is 17.0. The van der Waals surface area contributed by atoms with Gasteiger partial charge in [-0.3, -0.25) is 9.36 Å². The molecule has 3 aliphatic carbocycles. The van der Waals surface area contributed by atoms with E-state index >= 15 is 0 Å². The number of fused-ring (bicyclic) bond motifs is 3. The zero-order chi connectivity index (χ0) is 31.2. The van der Waals surface area contributed by atoms with E-state index in [-0.39, 0.29) is 18.8 Å². The van der Waals surface area contributed by atoms with Gasteiger partial charge in [-0.1, -0.05) is 54.2 Å². The summed E-state index contributed by atoms with van der Waals surface area (Å²) in [5.41, 5.74) is 3.00. The molecule has 45 heavy (non-hydrogen) atoms. The van der Waals surface area contributed by atoms with Crippen LogP contribution in [-0.2, 0) is 19.4 Å². The Morgan fingerprint density at radius 3 is 2.58 bits per heavy atom. The third-order valence-electron chi connectivity index (χ3n) is 10.7. The topological polar surface area (TPSA) is 74.6 Å². The van der Waals surface area contributed by atoms with Gasteiger partial charge in [0.2, 0.25) is 0 Å². The Morgan fingerprint density at radius 2 is 1.91 bits per heavy atom. The smallest absolute Gasteiger partial charge is 0.261 e. The van der Waals surface area contributed by atoms with Crippen molar-refractivity contribution in [3.05, 3.63) is 70.0 Å². The summed E-state index contributed by atoms with van der Waals surface area (Å²) in [5.74, 6) is 3.85. The minimum atomic E-state index is -0.253. The fraction of sp³-hybridized carbons (Fsp3) is 0.595. The number of aliphatic imine (C=N–C) groups is 1. The molecule has 2 bridgehead atoms. The second-order valence-electron chi connectivity index (χ2n) is 14.6. The molecule has 0 amide bonds. The van der Waals surface area contributed by atoms with Gasteiger partial charge in [-0.15, -0.1) is 0 Å². The van der Waals surface area contributed by atoms with Crippen molar-refractivity contribution in [2.75, 3.05) is 25.0 Å². The Kier molecular flexibility index (Phi) is 9.73. The van der Waals surface area contributed by atoms with Crippen LogP contribution in [-0.4, -0.2) is 52.1 Å². The molecule has 2 heterocycles. The lowest BCUT2D eigenvalue weighted by Gasteiger charge is -2.61. The Hall–Kier alpha value is -3.26. The van der Waals surface area contributed by atoms with E-state index in [9.17, 15) is 9.18 Å². The Morgan fingerprint density at radius 1 is 1.16 bits per heavy atom. The maximum absolute atomic E-state index is 13.8. The van der Waals surface area contributed by atoms with Crippen LogP contribution in [0.5, 0.6) is 0 Å². The number of rotatable bonds is 7. The molecule has 2 aromatic carbocycles. The summed E-state index contributed by atoms with van der Waals surface area (Å²) in [6.07, 6.45) is 3.83. The van der Waals surface area contributed by atoms with Crippen LogP contribution >= 0.6 is 0 Å². The summed E-state index contributed by atoms with van der Waals surface area (Å²) < 4.78 is 15.2. The predicted octanol–water partition coefficient (Wildman–Crippen LogP) is 6.75. The lowest BCUT2D eigenvalue weighted by Crippen LogP contribution is -2.57. The molecule has 3 saturated carbocycles. The van der Waals surface area contributed by atoms with Crippen LogP contribution in [0.1, 0.15) is 73.2 Å². The zero-order valence-corrected chi connectivity index (χ0v) is 27.2. The molecule has 3 aromatic rings. The predicted molar refractivity (Wildman–Crippen MR) is 184 cm³/mol. The van der Waals surface area contributed by atoms with Crippen LogP contribution in [0.15, 0.2) is 52.3 Å². The first kappa shape index (κ1) is 33.1. The molecular weight excluding hydrogens is 563 g/mol. The van der Waals surface area contributed by atoms with Gasteiger partial charge in [0, 0.05) is 44.3 Å². The molecule has 1 aromatic heterocycles. The maximum Gasteiger partial charge on any atom is 0.261 e. The van der Waals surface area contributed by atoms with Crippen molar-refractivity contribution in [3.8, 4) is 0 Å². The average Bonchev–Trinajstić information content (AvgIpc) is 2.97. The Bertz CT molecular complexity index is 1580. The van der Waals surface area contributed by atoms with Crippen molar-refractivity contribution in [1.29, 1.82) is 0 Å². The largest absolute Gasteiger partial charge is 0.340 e. The van der Waals surface area contributed by atoms with Crippen molar-refractivity contribution < 1.29 is 4.39 Å². The number of aromatic nitrogens is 2. The third kappa shape index (κ3) is 6.81. The van der Waals surface area contributed by atoms with Gasteiger partial charge in [-0.2, -0.15) is 0 Å². The number of anilines is 1. The van der Waals surface area contributed by atoms with Gasteiger partial charge in [0.15, 0.2) is 5.96 Å². The summed E-state index contributed by atoms with van der Waals surface area (Å²) in [6, 6.07) is 13.1. The third-order valence-corrected chi connectivity index (χ3v) is 10.7. The van der Waals surface area contributed by atoms with E-state index in [4.69, 9.17) is 9.98 Å². The van der Waals surface area contributed by atoms with Crippen LogP contribution in [0, 0.1) is 34.9 Å². The van der Waals surface area contributed by atoms with E-state index in [0.717, 1.165) is 60.9 Å². The highest BCUT2D eigenvalue weighted by atomic mass is 19.1. The molecule has 4 aliphatic rings. The second-order valence-corrected chi connectivity index (χ2v) is 14.6. The number of nitrogens with zero attached hydrogens (tertiary/aromatic N) is 4. The lowest BCUT2D eigenvalue weighted by molar-refractivity contribution is -0.108. The van der Waals surface area contributed by atoms with Crippen LogP contribution in [0.25, 0.3) is 10.9 Å². The van der Waals surface area contributed by atoms with Gasteiger partial charge in [-0.05, 0) is 91.2 Å². The maximum atomic E-state index is 13.8. The summed E-state index contributed by atoms with van der Waals surface area (Å²) >= 11 is 0. The molecule has 4 fully saturated rings. The van der Waals surface area contributed by atoms with E-state index < -0.39 is 0 Å². The van der Waals surface area contributed by atoms with Gasteiger partial charge >= 0.3 is 0 Å². The molecule has 2 N–H and O–H groups in total. The number of guanidine groups is 1. The fourth-order valence-corrected chi connectivity index (χ4v) is 7.89. The molecule has 244 valence electrons. The van der Waals surface area contributed by atoms with Crippen LogP contribution in [0.2, 0.25) is 0 Å². The number of hydrogen-bond acceptors (Lipinski definition) is 4. The van der Waals surface area contributed by atoms with E-state index in [1.807, 2.05) is 22.8 Å². The highest BCUT2D eigenvalue weighted by Gasteiger charge is 2.56. The van der Waals surface area contributed by atoms with Crippen molar-refractivity contribution in [3.63, 3.8) is 0 Å². The van der Waals surface area contributed by atoms with Gasteiger partial charge in [0.05, 0.1) is 16.9 Å². The molecule has 5 atom stereocenters. The molecular formula is C37H53FN6O. The summed E-state index contributed by atoms with van der Waals surface area (Å²) in [7, 11) is 0. The number of halogens is 1. The second kappa shape index (κ2) is 13.2. The SMILES string of the molecule is C.CC(C)Cc1nc2cc(NC(=N[C@H]3C[C@H]4C[C@@H]([C@@H]3C)C4(C)C)N3CCN[C@@H](C)C3)ccc2c(=O)n1CCc1ccc(F)cc1. The molecule has 7 rings (SSSR count). The molecule has 7 nitrogen and oxygen atoms in total. The molecule has 1 saturated heterocycles. The Balaban J connectivity index is 0.00000400. The van der Waals surface area contributed by atoms with Gasteiger partial charge in [0.1, 0.15) is 11.6 Å². The van der Waals surface area contributed by atoms with Crippen molar-refractivity contribution in [2.45, 2.75) is 93.3 Å². The number of piperazine rings is 1. The zero-order valence-electron chi connectivity index (χ0n) is 27.2. The lowest BCUT2D eigenvalue weighted by atomic mass is 9.45. The monoisotopic (exact) mass is 616 g/mol. The van der Waals surface area contributed by atoms with Crippen molar-refractivity contribution >= 4 is 22.5 Å². The van der Waals surface area contributed by atoms with Crippen LogP contribution in [0.3, 0.4) is 0 Å². The molecule has 0 unspecified atom stereocenters. The normalized spacial score (nSPS) is 26.0. The fourth-order valence-electron chi connectivity index (χ4n) is 7.89.